The lowest BCUT2D eigenvalue weighted by Crippen LogP contribution is -2.24. The van der Waals surface area contributed by atoms with Crippen molar-refractivity contribution in [3.63, 3.8) is 0 Å². The Hall–Kier alpha value is -3.57. The monoisotopic (exact) mass is 431 g/mol. The fourth-order valence-electron chi connectivity index (χ4n) is 3.47. The van der Waals surface area contributed by atoms with Gasteiger partial charge < -0.3 is 9.30 Å². The SMILES string of the molecule is Cc1c(/C=N\NC(=O)COc2ccc(Cl)cc2)c2ccccc2n1Cc1ccccc1. The van der Waals surface area contributed by atoms with E-state index in [0.29, 0.717) is 10.8 Å². The topological polar surface area (TPSA) is 55.6 Å². The quantitative estimate of drug-likeness (QED) is 0.324. The third kappa shape index (κ3) is 4.95. The number of halogens is 1. The molecule has 0 saturated heterocycles. The molecule has 0 radical (unpaired) electrons. The van der Waals surface area contributed by atoms with Crippen molar-refractivity contribution in [2.24, 2.45) is 5.10 Å². The van der Waals surface area contributed by atoms with Crippen LogP contribution in [0.15, 0.2) is 84.0 Å². The third-order valence-corrected chi connectivity index (χ3v) is 5.28. The second-order valence-corrected chi connectivity index (χ2v) is 7.56. The van der Waals surface area contributed by atoms with Gasteiger partial charge >= 0.3 is 0 Å². The number of hydrogen-bond donors (Lipinski definition) is 1. The zero-order valence-electron chi connectivity index (χ0n) is 17.1. The fraction of sp³-hybridized carbons (Fsp3) is 0.120. The Morgan fingerprint density at radius 2 is 1.74 bits per heavy atom. The number of nitrogens with zero attached hydrogens (tertiary/aromatic N) is 2. The largest absolute Gasteiger partial charge is 0.484 e. The predicted octanol–water partition coefficient (Wildman–Crippen LogP) is 5.18. The van der Waals surface area contributed by atoms with Crippen LogP contribution in [0.4, 0.5) is 0 Å². The maximum atomic E-state index is 12.1. The van der Waals surface area contributed by atoms with E-state index in [-0.39, 0.29) is 12.5 Å². The van der Waals surface area contributed by atoms with Crippen LogP contribution in [0, 0.1) is 6.92 Å². The summed E-state index contributed by atoms with van der Waals surface area (Å²) in [5.41, 5.74) is 6.95. The molecule has 0 aliphatic rings. The highest BCUT2D eigenvalue weighted by Gasteiger charge is 2.12. The molecule has 156 valence electrons. The van der Waals surface area contributed by atoms with Crippen molar-refractivity contribution in [3.05, 3.63) is 101 Å². The number of carbonyl (C=O) groups excluding carboxylic acids is 1. The van der Waals surface area contributed by atoms with Crippen LogP contribution in [0.25, 0.3) is 10.9 Å². The van der Waals surface area contributed by atoms with Crippen LogP contribution in [-0.4, -0.2) is 23.3 Å². The Kier molecular flexibility index (Phi) is 6.34. The molecule has 4 aromatic rings. The molecule has 31 heavy (non-hydrogen) atoms. The first-order chi connectivity index (χ1) is 15.1. The summed E-state index contributed by atoms with van der Waals surface area (Å²) in [7, 11) is 0. The number of carbonyl (C=O) groups is 1. The molecule has 0 aliphatic carbocycles. The van der Waals surface area contributed by atoms with Gasteiger partial charge in [-0.25, -0.2) is 5.43 Å². The third-order valence-electron chi connectivity index (χ3n) is 5.03. The van der Waals surface area contributed by atoms with Gasteiger partial charge in [0.25, 0.3) is 5.91 Å². The smallest absolute Gasteiger partial charge is 0.277 e. The molecule has 1 amide bonds. The molecular weight excluding hydrogens is 410 g/mol. The van der Waals surface area contributed by atoms with E-state index in [1.165, 1.54) is 5.56 Å². The molecule has 0 fully saturated rings. The standard InChI is InChI=1S/C25H22ClN3O2/c1-18-23(15-27-28-25(30)17-31-21-13-11-20(26)12-14-21)22-9-5-6-10-24(22)29(18)16-19-7-3-2-4-8-19/h2-15H,16-17H2,1H3,(H,28,30)/b27-15-. The molecule has 1 N–H and O–H groups in total. The van der Waals surface area contributed by atoms with Crippen molar-refractivity contribution in [2.75, 3.05) is 6.61 Å². The molecule has 6 heteroatoms. The number of aromatic nitrogens is 1. The number of benzene rings is 3. The van der Waals surface area contributed by atoms with Gasteiger partial charge in [0.1, 0.15) is 5.75 Å². The highest BCUT2D eigenvalue weighted by molar-refractivity contribution is 6.30. The summed E-state index contributed by atoms with van der Waals surface area (Å²) in [6.07, 6.45) is 1.69. The van der Waals surface area contributed by atoms with Crippen LogP contribution >= 0.6 is 11.6 Å². The highest BCUT2D eigenvalue weighted by Crippen LogP contribution is 2.25. The van der Waals surface area contributed by atoms with E-state index < -0.39 is 0 Å². The second kappa shape index (κ2) is 9.49. The lowest BCUT2D eigenvalue weighted by molar-refractivity contribution is -0.123. The van der Waals surface area contributed by atoms with Crippen LogP contribution in [0.5, 0.6) is 5.75 Å². The first-order valence-corrected chi connectivity index (χ1v) is 10.3. The Labute approximate surface area is 185 Å². The van der Waals surface area contributed by atoms with Crippen LogP contribution in [-0.2, 0) is 11.3 Å². The first-order valence-electron chi connectivity index (χ1n) is 9.94. The Bertz CT molecular complexity index is 1210. The first kappa shape index (κ1) is 20.7. The van der Waals surface area contributed by atoms with E-state index in [1.807, 2.05) is 30.3 Å². The van der Waals surface area contributed by atoms with E-state index in [1.54, 1.807) is 30.5 Å². The van der Waals surface area contributed by atoms with Crippen molar-refractivity contribution in [3.8, 4) is 5.75 Å². The number of rotatable bonds is 7. The summed E-state index contributed by atoms with van der Waals surface area (Å²) in [5.74, 6) is 0.236. The van der Waals surface area contributed by atoms with Crippen LogP contribution in [0.3, 0.4) is 0 Å². The van der Waals surface area contributed by atoms with Gasteiger partial charge in [-0.2, -0.15) is 5.10 Å². The molecule has 3 aromatic carbocycles. The molecule has 0 unspecified atom stereocenters. The van der Waals surface area contributed by atoms with E-state index in [2.05, 4.69) is 46.3 Å². The summed E-state index contributed by atoms with van der Waals surface area (Å²) in [6, 6.07) is 25.4. The van der Waals surface area contributed by atoms with Gasteiger partial charge in [0.2, 0.25) is 0 Å². The van der Waals surface area contributed by atoms with Crippen molar-refractivity contribution in [2.45, 2.75) is 13.5 Å². The molecule has 0 atom stereocenters. The summed E-state index contributed by atoms with van der Waals surface area (Å²) in [6.45, 7) is 2.70. The average molecular weight is 432 g/mol. The van der Waals surface area contributed by atoms with E-state index in [4.69, 9.17) is 16.3 Å². The van der Waals surface area contributed by atoms with E-state index in [0.717, 1.165) is 28.7 Å². The van der Waals surface area contributed by atoms with Crippen LogP contribution in [0.2, 0.25) is 5.02 Å². The molecule has 0 aliphatic heterocycles. The number of hydrazone groups is 1. The number of nitrogens with one attached hydrogen (secondary N) is 1. The maximum Gasteiger partial charge on any atom is 0.277 e. The molecule has 1 aromatic heterocycles. The summed E-state index contributed by atoms with van der Waals surface area (Å²) >= 11 is 5.85. The molecule has 0 bridgehead atoms. The van der Waals surface area contributed by atoms with Crippen molar-refractivity contribution in [1.82, 2.24) is 9.99 Å². The lowest BCUT2D eigenvalue weighted by Gasteiger charge is -2.08. The Balaban J connectivity index is 1.47. The van der Waals surface area contributed by atoms with Crippen LogP contribution < -0.4 is 10.2 Å². The minimum atomic E-state index is -0.336. The summed E-state index contributed by atoms with van der Waals surface area (Å²) in [5, 5.41) is 5.86. The highest BCUT2D eigenvalue weighted by atomic mass is 35.5. The molecular formula is C25H22ClN3O2. The molecule has 4 rings (SSSR count). The molecule has 0 saturated carbocycles. The summed E-state index contributed by atoms with van der Waals surface area (Å²) in [4.78, 5) is 12.1. The number of amides is 1. The van der Waals surface area contributed by atoms with E-state index >= 15 is 0 Å². The normalized spacial score (nSPS) is 11.2. The van der Waals surface area contributed by atoms with Gasteiger partial charge in [0, 0.05) is 33.7 Å². The van der Waals surface area contributed by atoms with Gasteiger partial charge in [-0.3, -0.25) is 4.79 Å². The second-order valence-electron chi connectivity index (χ2n) is 7.12. The summed E-state index contributed by atoms with van der Waals surface area (Å²) < 4.78 is 7.70. The average Bonchev–Trinajstić information content (AvgIpc) is 3.05. The number of para-hydroxylation sites is 1. The fourth-order valence-corrected chi connectivity index (χ4v) is 3.60. The van der Waals surface area contributed by atoms with Crippen molar-refractivity contribution in [1.29, 1.82) is 0 Å². The molecule has 1 heterocycles. The predicted molar refractivity (Wildman–Crippen MR) is 125 cm³/mol. The zero-order chi connectivity index (χ0) is 21.6. The Morgan fingerprint density at radius 1 is 1.03 bits per heavy atom. The molecule has 5 nitrogen and oxygen atoms in total. The number of hydrogen-bond acceptors (Lipinski definition) is 3. The van der Waals surface area contributed by atoms with Gasteiger partial charge in [-0.15, -0.1) is 0 Å². The van der Waals surface area contributed by atoms with E-state index in [9.17, 15) is 4.79 Å². The Morgan fingerprint density at radius 3 is 2.52 bits per heavy atom. The zero-order valence-corrected chi connectivity index (χ0v) is 17.8. The van der Waals surface area contributed by atoms with Crippen LogP contribution in [0.1, 0.15) is 16.8 Å². The lowest BCUT2D eigenvalue weighted by atomic mass is 10.1. The number of fused-ring (bicyclic) bond motifs is 1. The van der Waals surface area contributed by atoms with Gasteiger partial charge in [0.15, 0.2) is 6.61 Å². The number of ether oxygens (including phenoxy) is 1. The minimum Gasteiger partial charge on any atom is -0.484 e. The van der Waals surface area contributed by atoms with Crippen molar-refractivity contribution < 1.29 is 9.53 Å². The maximum absolute atomic E-state index is 12.1. The minimum absolute atomic E-state index is 0.131. The van der Waals surface area contributed by atoms with Gasteiger partial charge in [-0.05, 0) is 42.8 Å². The van der Waals surface area contributed by atoms with Gasteiger partial charge in [0.05, 0.1) is 6.21 Å². The van der Waals surface area contributed by atoms with Gasteiger partial charge in [-0.1, -0.05) is 60.1 Å². The molecule has 0 spiro atoms. The van der Waals surface area contributed by atoms with Crippen molar-refractivity contribution >= 4 is 34.6 Å².